The molecule has 0 aromatic rings. The van der Waals surface area contributed by atoms with Crippen LogP contribution in [0.3, 0.4) is 0 Å². The van der Waals surface area contributed by atoms with Crippen molar-refractivity contribution in [3.63, 3.8) is 0 Å². The summed E-state index contributed by atoms with van der Waals surface area (Å²) in [6.45, 7) is 0. The Hall–Kier alpha value is 3.48. The van der Waals surface area contributed by atoms with Crippen LogP contribution in [0.5, 0.6) is 0 Å². The summed E-state index contributed by atoms with van der Waals surface area (Å²) >= 11 is 1.10. The molecule has 0 unspecified atom stereocenters. The van der Waals surface area contributed by atoms with Gasteiger partial charge in [0.05, 0.1) is 0 Å². The molecule has 1 nitrogen and oxygen atoms in total. The van der Waals surface area contributed by atoms with E-state index in [2.05, 4.69) is 0 Å². The van der Waals surface area contributed by atoms with E-state index in [1.807, 2.05) is 0 Å². The second kappa shape index (κ2) is 16.1. The Labute approximate surface area is 113 Å². The first-order chi connectivity index (χ1) is 1.00. The number of hydrogen-bond acceptors (Lipinski definition) is 1. The molecular weight excluding hydrogens is 342 g/mol. The predicted molar refractivity (Wildman–Crippen MR) is 17.8 cm³/mol. The average molecular weight is 346 g/mol. The number of rotatable bonds is 0. The molecule has 0 aromatic carbocycles. The van der Waals surface area contributed by atoms with Gasteiger partial charge in [-0.1, -0.05) is 0 Å². The van der Waals surface area contributed by atoms with Crippen LogP contribution in [-0.4, -0.2) is 94.4 Å². The molecule has 22 valence electrons. The fourth-order valence-electron chi connectivity index (χ4n) is 0. The average Bonchev–Trinajstić information content (AvgIpc) is 1.00. The molecule has 0 saturated carbocycles. The fourth-order valence-corrected chi connectivity index (χ4v) is 0. The van der Waals surface area contributed by atoms with Crippen LogP contribution in [0.2, 0.25) is 0 Å². The van der Waals surface area contributed by atoms with Crippen molar-refractivity contribution in [3.8, 4) is 0 Å². The summed E-state index contributed by atoms with van der Waals surface area (Å²) in [5, 5.41) is 0. The van der Waals surface area contributed by atoms with E-state index in [4.69, 9.17) is 3.57 Å². The Morgan fingerprint density at radius 3 is 1.25 bits per heavy atom. The van der Waals surface area contributed by atoms with Gasteiger partial charge in [0, 0.05) is 0 Å². The summed E-state index contributed by atoms with van der Waals surface area (Å²) in [4.78, 5) is 0. The van der Waals surface area contributed by atoms with Crippen molar-refractivity contribution in [3.05, 3.63) is 0 Å². The molecule has 0 rings (SSSR count). The van der Waals surface area contributed by atoms with Gasteiger partial charge in [-0.2, -0.15) is 0 Å². The topological polar surface area (TPSA) is 17.1 Å². The van der Waals surface area contributed by atoms with Gasteiger partial charge in [0.2, 0.25) is 0 Å². The van der Waals surface area contributed by atoms with E-state index in [1.54, 1.807) is 0 Å². The molecule has 4 heavy (non-hydrogen) atoms. The molecule has 0 saturated heterocycles. The van der Waals surface area contributed by atoms with Crippen LogP contribution in [-0.2, 0) is 21.8 Å². The van der Waals surface area contributed by atoms with E-state index >= 15 is 0 Å². The monoisotopic (exact) mass is 348 g/mol. The first-order valence-electron chi connectivity index (χ1n) is 0.144. The van der Waals surface area contributed by atoms with Crippen molar-refractivity contribution in [2.75, 3.05) is 0 Å². The van der Waals surface area contributed by atoms with Crippen molar-refractivity contribution in [2.24, 2.45) is 0 Å². The molecule has 4 heteroatoms. The van der Waals surface area contributed by atoms with E-state index in [1.165, 1.54) is 0 Å². The molecule has 0 aliphatic heterocycles. The van der Waals surface area contributed by atoms with Gasteiger partial charge in [-0.15, -0.1) is 0 Å². The molecule has 0 radical (unpaired) electrons. The quantitative estimate of drug-likeness (QED) is 0.466. The minimum atomic E-state index is 0. The zero-order valence-electron chi connectivity index (χ0n) is 0.762. The van der Waals surface area contributed by atoms with Crippen LogP contribution in [0.15, 0.2) is 0 Å². The fraction of sp³-hybridized carbons (Fsp3) is 0. The van der Waals surface area contributed by atoms with Crippen molar-refractivity contribution in [2.45, 2.75) is 0 Å². The van der Waals surface area contributed by atoms with Crippen LogP contribution < -0.4 is 0 Å². The van der Waals surface area contributed by atoms with Crippen LogP contribution in [0.25, 0.3) is 0 Å². The van der Waals surface area contributed by atoms with E-state index in [9.17, 15) is 0 Å². The third-order valence-corrected chi connectivity index (χ3v) is 0. The zero-order chi connectivity index (χ0) is 2.00. The summed E-state index contributed by atoms with van der Waals surface area (Å²) in [5.41, 5.74) is 0. The molecule has 0 amide bonds. The Bertz CT molecular complexity index is 8.00. The van der Waals surface area contributed by atoms with Crippen LogP contribution in [0.1, 0.15) is 0 Å². The SMILES string of the molecule is [BaH2].[O]=[Ru].[SrH2]. The normalized spacial score (nSPS) is 1.25. The maximum atomic E-state index is 8.18. The van der Waals surface area contributed by atoms with Gasteiger partial charge in [-0.3, -0.25) is 0 Å². The van der Waals surface area contributed by atoms with E-state index < -0.39 is 0 Å². The Balaban J connectivity index is -0.00000000500. The first-order valence-corrected chi connectivity index (χ1v) is 0.854. The van der Waals surface area contributed by atoms with Crippen molar-refractivity contribution >= 4 is 94.4 Å². The van der Waals surface area contributed by atoms with Gasteiger partial charge in [-0.05, 0) is 0 Å². The Morgan fingerprint density at radius 2 is 1.25 bits per heavy atom. The first kappa shape index (κ1) is 15.6. The predicted octanol–water partition coefficient (Wildman–Crippen LogP) is -1.95. The van der Waals surface area contributed by atoms with Gasteiger partial charge in [0.25, 0.3) is 0 Å². The molecule has 0 aliphatic rings. The molecule has 0 bridgehead atoms. The van der Waals surface area contributed by atoms with Crippen molar-refractivity contribution in [1.29, 1.82) is 0 Å². The van der Waals surface area contributed by atoms with Gasteiger partial charge in [-0.25, -0.2) is 0 Å². The molecule has 0 aromatic heterocycles. The van der Waals surface area contributed by atoms with E-state index in [0.29, 0.717) is 0 Å². The van der Waals surface area contributed by atoms with E-state index in [-0.39, 0.29) is 94.4 Å². The Kier molecular flexibility index (Phi) is 62.9. The zero-order valence-corrected chi connectivity index (χ0v) is 2.50. The van der Waals surface area contributed by atoms with Gasteiger partial charge < -0.3 is 0 Å². The summed E-state index contributed by atoms with van der Waals surface area (Å²) < 4.78 is 8.18. The molecule has 0 aliphatic carbocycles. The van der Waals surface area contributed by atoms with E-state index in [0.717, 1.165) is 18.3 Å². The van der Waals surface area contributed by atoms with Gasteiger partial charge >= 0.3 is 116 Å². The van der Waals surface area contributed by atoms with Crippen molar-refractivity contribution < 1.29 is 21.8 Å². The van der Waals surface area contributed by atoms with Crippen LogP contribution in [0.4, 0.5) is 0 Å². The molecule has 0 fully saturated rings. The third-order valence-electron chi connectivity index (χ3n) is 0. The second-order valence-electron chi connectivity index (χ2n) is 0. The summed E-state index contributed by atoms with van der Waals surface area (Å²) in [5.74, 6) is 0. The van der Waals surface area contributed by atoms with Crippen molar-refractivity contribution in [1.82, 2.24) is 0 Å². The minimum absolute atomic E-state index is 0. The molecule has 0 atom stereocenters. The molecule has 0 N–H and O–H groups in total. The van der Waals surface area contributed by atoms with Gasteiger partial charge in [0.15, 0.2) is 0 Å². The molecule has 0 heterocycles. The standard InChI is InChI=1S/Ba.O.Ru.Sr.4H. The Morgan fingerprint density at radius 1 is 1.25 bits per heavy atom. The summed E-state index contributed by atoms with van der Waals surface area (Å²) in [6, 6.07) is 0. The third kappa shape index (κ3) is 9.08. The summed E-state index contributed by atoms with van der Waals surface area (Å²) in [6.07, 6.45) is 0. The molecular formula is H4BaORuSr. The summed E-state index contributed by atoms with van der Waals surface area (Å²) in [7, 11) is 0. The van der Waals surface area contributed by atoms with Gasteiger partial charge in [0.1, 0.15) is 0 Å². The number of hydrogen-bond donors (Lipinski definition) is 0. The molecule has 0 spiro atoms. The second-order valence-corrected chi connectivity index (χ2v) is 0. The maximum absolute atomic E-state index is 8.18. The van der Waals surface area contributed by atoms with Crippen LogP contribution in [0, 0.1) is 0 Å². The van der Waals surface area contributed by atoms with Crippen LogP contribution >= 0.6 is 0 Å².